The molecule has 3 aliphatic heterocycles. The molecule has 0 bridgehead atoms. The van der Waals surface area contributed by atoms with Crippen molar-refractivity contribution in [2.24, 2.45) is 5.92 Å². The van der Waals surface area contributed by atoms with Crippen molar-refractivity contribution in [3.8, 4) is 0 Å². The molecule has 0 saturated carbocycles. The summed E-state index contributed by atoms with van der Waals surface area (Å²) in [5, 5.41) is 3.25. The summed E-state index contributed by atoms with van der Waals surface area (Å²) in [5.41, 5.74) is 0. The summed E-state index contributed by atoms with van der Waals surface area (Å²) in [6, 6.07) is -0.291. The number of morpholine rings is 2. The first-order valence-electron chi connectivity index (χ1n) is 8.67. The number of piperidine rings is 1. The predicted molar refractivity (Wildman–Crippen MR) is 91.2 cm³/mol. The number of nitrogens with zero attached hydrogens (tertiary/aromatic N) is 2. The van der Waals surface area contributed by atoms with Crippen LogP contribution in [0.3, 0.4) is 0 Å². The van der Waals surface area contributed by atoms with Gasteiger partial charge in [-0.25, -0.2) is 0 Å². The van der Waals surface area contributed by atoms with Gasteiger partial charge in [-0.2, -0.15) is 0 Å². The molecule has 3 aliphatic rings. The van der Waals surface area contributed by atoms with Gasteiger partial charge in [0.15, 0.2) is 0 Å². The molecule has 24 heavy (non-hydrogen) atoms. The molecule has 8 heteroatoms. The monoisotopic (exact) mass is 361 g/mol. The molecule has 138 valence electrons. The SMILES string of the molecule is C[C@H]1OCCN[C@@H]1C(=O)N1CCCC(C(=O)N2CCOCC2)C1.Cl. The average Bonchev–Trinajstić information content (AvgIpc) is 2.62. The summed E-state index contributed by atoms with van der Waals surface area (Å²) in [5.74, 6) is 0.161. The Balaban J connectivity index is 0.00000208. The van der Waals surface area contributed by atoms with E-state index >= 15 is 0 Å². The fraction of sp³-hybridized carbons (Fsp3) is 0.875. The first-order valence-corrected chi connectivity index (χ1v) is 8.67. The molecule has 2 amide bonds. The van der Waals surface area contributed by atoms with Gasteiger partial charge in [0.05, 0.1) is 31.8 Å². The van der Waals surface area contributed by atoms with Gasteiger partial charge < -0.3 is 24.6 Å². The van der Waals surface area contributed by atoms with Crippen molar-refractivity contribution in [1.82, 2.24) is 15.1 Å². The Morgan fingerprint density at radius 1 is 1.04 bits per heavy atom. The summed E-state index contributed by atoms with van der Waals surface area (Å²) in [6.45, 7) is 7.08. The number of carbonyl (C=O) groups is 2. The van der Waals surface area contributed by atoms with E-state index in [4.69, 9.17) is 9.47 Å². The molecular formula is C16H28ClN3O4. The van der Waals surface area contributed by atoms with Gasteiger partial charge in [0, 0.05) is 32.7 Å². The highest BCUT2D eigenvalue weighted by atomic mass is 35.5. The van der Waals surface area contributed by atoms with Gasteiger partial charge >= 0.3 is 0 Å². The third-order valence-electron chi connectivity index (χ3n) is 4.99. The third kappa shape index (κ3) is 4.39. The molecule has 0 radical (unpaired) electrons. The molecule has 0 aliphatic carbocycles. The molecule has 0 aromatic rings. The van der Waals surface area contributed by atoms with E-state index in [1.165, 1.54) is 0 Å². The van der Waals surface area contributed by atoms with Crippen molar-refractivity contribution in [1.29, 1.82) is 0 Å². The van der Waals surface area contributed by atoms with Crippen LogP contribution in [0.2, 0.25) is 0 Å². The molecule has 0 aromatic carbocycles. The molecule has 3 saturated heterocycles. The van der Waals surface area contributed by atoms with Crippen LogP contribution in [0, 0.1) is 5.92 Å². The third-order valence-corrected chi connectivity index (χ3v) is 4.99. The topological polar surface area (TPSA) is 71.1 Å². The van der Waals surface area contributed by atoms with Gasteiger partial charge in [-0.1, -0.05) is 0 Å². The van der Waals surface area contributed by atoms with Crippen molar-refractivity contribution >= 4 is 24.2 Å². The van der Waals surface area contributed by atoms with Crippen molar-refractivity contribution in [2.75, 3.05) is 52.5 Å². The highest BCUT2D eigenvalue weighted by Gasteiger charge is 2.36. The number of carbonyl (C=O) groups excluding carboxylic acids is 2. The zero-order valence-electron chi connectivity index (χ0n) is 14.2. The summed E-state index contributed by atoms with van der Waals surface area (Å²) in [4.78, 5) is 29.1. The zero-order valence-corrected chi connectivity index (χ0v) is 15.1. The Bertz CT molecular complexity index is 445. The molecule has 1 unspecified atom stereocenters. The number of halogens is 1. The Hall–Kier alpha value is -0.890. The van der Waals surface area contributed by atoms with Gasteiger partial charge in [-0.05, 0) is 19.8 Å². The van der Waals surface area contributed by atoms with E-state index in [-0.39, 0.29) is 42.3 Å². The molecular weight excluding hydrogens is 334 g/mol. The lowest BCUT2D eigenvalue weighted by Gasteiger charge is -2.39. The summed E-state index contributed by atoms with van der Waals surface area (Å²) in [6.07, 6.45) is 1.63. The predicted octanol–water partition coefficient (Wildman–Crippen LogP) is -0.117. The van der Waals surface area contributed by atoms with Crippen molar-refractivity contribution in [3.05, 3.63) is 0 Å². The largest absolute Gasteiger partial charge is 0.378 e. The maximum Gasteiger partial charge on any atom is 0.242 e. The van der Waals surface area contributed by atoms with Crippen molar-refractivity contribution in [2.45, 2.75) is 31.9 Å². The minimum Gasteiger partial charge on any atom is -0.378 e. The fourth-order valence-corrected chi connectivity index (χ4v) is 3.63. The van der Waals surface area contributed by atoms with Crippen LogP contribution < -0.4 is 5.32 Å². The van der Waals surface area contributed by atoms with E-state index < -0.39 is 0 Å². The van der Waals surface area contributed by atoms with E-state index in [0.29, 0.717) is 46.0 Å². The highest BCUT2D eigenvalue weighted by Crippen LogP contribution is 2.21. The molecule has 1 N–H and O–H groups in total. The van der Waals surface area contributed by atoms with E-state index in [0.717, 1.165) is 19.4 Å². The van der Waals surface area contributed by atoms with Gasteiger partial charge in [0.1, 0.15) is 6.04 Å². The summed E-state index contributed by atoms with van der Waals surface area (Å²) in [7, 11) is 0. The molecule has 0 spiro atoms. The number of ether oxygens (including phenoxy) is 2. The smallest absolute Gasteiger partial charge is 0.242 e. The maximum absolute atomic E-state index is 12.7. The van der Waals surface area contributed by atoms with Gasteiger partial charge in [0.2, 0.25) is 11.8 Å². The number of nitrogens with one attached hydrogen (secondary N) is 1. The molecule has 7 nitrogen and oxygen atoms in total. The second-order valence-electron chi connectivity index (χ2n) is 6.57. The van der Waals surface area contributed by atoms with E-state index in [9.17, 15) is 9.59 Å². The lowest BCUT2D eigenvalue weighted by molar-refractivity contribution is -0.146. The van der Waals surface area contributed by atoms with Crippen molar-refractivity contribution in [3.63, 3.8) is 0 Å². The number of amides is 2. The Morgan fingerprint density at radius 2 is 1.79 bits per heavy atom. The van der Waals surface area contributed by atoms with Gasteiger partial charge in [-0.15, -0.1) is 12.4 Å². The first kappa shape index (κ1) is 19.4. The quantitative estimate of drug-likeness (QED) is 0.742. The second-order valence-corrected chi connectivity index (χ2v) is 6.57. The standard InChI is InChI=1S/C16H27N3O4.ClH/c1-12-14(17-4-8-23-12)16(21)19-5-2-3-13(11-19)15(20)18-6-9-22-10-7-18;/h12-14,17H,2-11H2,1H3;1H/t12-,13?,14+;/m1./s1. The molecule has 3 rings (SSSR count). The van der Waals surface area contributed by atoms with Crippen LogP contribution in [0.1, 0.15) is 19.8 Å². The fourth-order valence-electron chi connectivity index (χ4n) is 3.63. The first-order chi connectivity index (χ1) is 11.2. The van der Waals surface area contributed by atoms with Crippen LogP contribution in [0.4, 0.5) is 0 Å². The molecule has 0 aromatic heterocycles. The van der Waals surface area contributed by atoms with Gasteiger partial charge in [-0.3, -0.25) is 9.59 Å². The Labute approximate surface area is 149 Å². The summed E-state index contributed by atoms with van der Waals surface area (Å²) < 4.78 is 10.9. The number of rotatable bonds is 2. The molecule has 3 fully saturated rings. The van der Waals surface area contributed by atoms with E-state index in [1.54, 1.807) is 0 Å². The molecule has 3 heterocycles. The number of hydrogen-bond acceptors (Lipinski definition) is 5. The second kappa shape index (κ2) is 8.99. The zero-order chi connectivity index (χ0) is 16.2. The van der Waals surface area contributed by atoms with Crippen LogP contribution in [0.15, 0.2) is 0 Å². The minimum absolute atomic E-state index is 0. The number of likely N-dealkylation sites (tertiary alicyclic amines) is 1. The minimum atomic E-state index is -0.291. The van der Waals surface area contributed by atoms with Crippen LogP contribution in [-0.2, 0) is 19.1 Å². The van der Waals surface area contributed by atoms with Crippen LogP contribution in [0.25, 0.3) is 0 Å². The van der Waals surface area contributed by atoms with E-state index in [2.05, 4.69) is 5.32 Å². The van der Waals surface area contributed by atoms with E-state index in [1.807, 2.05) is 16.7 Å². The van der Waals surface area contributed by atoms with Crippen LogP contribution >= 0.6 is 12.4 Å². The lowest BCUT2D eigenvalue weighted by atomic mass is 9.95. The maximum atomic E-state index is 12.7. The normalized spacial score (nSPS) is 31.3. The summed E-state index contributed by atoms with van der Waals surface area (Å²) >= 11 is 0. The number of hydrogen-bond donors (Lipinski definition) is 1. The Morgan fingerprint density at radius 3 is 2.50 bits per heavy atom. The van der Waals surface area contributed by atoms with Gasteiger partial charge in [0.25, 0.3) is 0 Å². The highest BCUT2D eigenvalue weighted by molar-refractivity contribution is 5.85. The van der Waals surface area contributed by atoms with Crippen LogP contribution in [-0.4, -0.2) is 86.3 Å². The average molecular weight is 362 g/mol. The molecule has 3 atom stereocenters. The van der Waals surface area contributed by atoms with Crippen molar-refractivity contribution < 1.29 is 19.1 Å². The Kier molecular flexibility index (Phi) is 7.28. The lowest BCUT2D eigenvalue weighted by Crippen LogP contribution is -2.58. The van der Waals surface area contributed by atoms with Crippen LogP contribution in [0.5, 0.6) is 0 Å².